The number of hydrogen-bond acceptors (Lipinski definition) is 6. The van der Waals surface area contributed by atoms with Gasteiger partial charge in [0.05, 0.1) is 18.6 Å². The molecule has 0 aliphatic carbocycles. The summed E-state index contributed by atoms with van der Waals surface area (Å²) >= 11 is 0. The molecule has 0 bridgehead atoms. The quantitative estimate of drug-likeness (QED) is 0.850. The first kappa shape index (κ1) is 14.2. The van der Waals surface area contributed by atoms with Gasteiger partial charge in [0.1, 0.15) is 17.3 Å². The number of ether oxygens (including phenoxy) is 2. The Hall–Kier alpha value is -2.76. The first-order valence-electron chi connectivity index (χ1n) is 6.69. The number of carbonyl (C=O) groups excluding carboxylic acids is 1. The summed E-state index contributed by atoms with van der Waals surface area (Å²) in [5.41, 5.74) is 0.397. The molecule has 6 nitrogen and oxygen atoms in total. The average Bonchev–Trinajstić information content (AvgIpc) is 2.86. The van der Waals surface area contributed by atoms with E-state index in [1.807, 2.05) is 0 Å². The molecule has 22 heavy (non-hydrogen) atoms. The van der Waals surface area contributed by atoms with E-state index in [9.17, 15) is 14.7 Å². The summed E-state index contributed by atoms with van der Waals surface area (Å²) < 4.78 is 15.5. The van der Waals surface area contributed by atoms with Gasteiger partial charge in [-0.05, 0) is 24.6 Å². The van der Waals surface area contributed by atoms with Crippen molar-refractivity contribution < 1.29 is 23.8 Å². The van der Waals surface area contributed by atoms with Crippen molar-refractivity contribution in [3.8, 4) is 11.5 Å². The van der Waals surface area contributed by atoms with E-state index in [-0.39, 0.29) is 11.3 Å². The Morgan fingerprint density at radius 2 is 1.95 bits per heavy atom. The van der Waals surface area contributed by atoms with Crippen LogP contribution in [-0.4, -0.2) is 24.3 Å². The van der Waals surface area contributed by atoms with Crippen molar-refractivity contribution in [3.63, 3.8) is 0 Å². The normalized spacial score (nSPS) is 19.4. The van der Waals surface area contributed by atoms with Crippen LogP contribution in [0.2, 0.25) is 0 Å². The fourth-order valence-electron chi connectivity index (χ4n) is 2.65. The Morgan fingerprint density at radius 3 is 2.59 bits per heavy atom. The maximum atomic E-state index is 12.2. The number of rotatable bonds is 2. The number of hydrogen-bond donors (Lipinski definition) is 1. The van der Waals surface area contributed by atoms with Crippen LogP contribution in [0.3, 0.4) is 0 Å². The van der Waals surface area contributed by atoms with Gasteiger partial charge in [0.2, 0.25) is 6.10 Å². The molecule has 1 aromatic carbocycles. The van der Waals surface area contributed by atoms with Gasteiger partial charge in [0.25, 0.3) is 0 Å². The number of methoxy groups -OCH3 is 1. The molecule has 1 N–H and O–H groups in total. The van der Waals surface area contributed by atoms with Crippen molar-refractivity contribution in [3.05, 3.63) is 57.6 Å². The van der Waals surface area contributed by atoms with Gasteiger partial charge in [-0.2, -0.15) is 0 Å². The summed E-state index contributed by atoms with van der Waals surface area (Å²) in [5.74, 6) is -0.402. The molecule has 0 radical (unpaired) electrons. The number of aromatic hydroxyl groups is 1. The summed E-state index contributed by atoms with van der Waals surface area (Å²) in [6.07, 6.45) is -0.964. The van der Waals surface area contributed by atoms with Crippen LogP contribution < -0.4 is 10.4 Å². The molecule has 1 aromatic heterocycles. The number of fused-ring (bicyclic) bond motifs is 1. The van der Waals surface area contributed by atoms with Gasteiger partial charge in [-0.3, -0.25) is 0 Å². The molecule has 1 aliphatic rings. The second-order valence-corrected chi connectivity index (χ2v) is 5.05. The van der Waals surface area contributed by atoms with Gasteiger partial charge in [-0.1, -0.05) is 12.1 Å². The summed E-state index contributed by atoms with van der Waals surface area (Å²) in [6.45, 7) is 1.63. The van der Waals surface area contributed by atoms with Crippen LogP contribution in [0.4, 0.5) is 0 Å². The van der Waals surface area contributed by atoms with Crippen molar-refractivity contribution in [1.29, 1.82) is 0 Å². The maximum Gasteiger partial charge on any atom is 0.348 e. The van der Waals surface area contributed by atoms with E-state index in [4.69, 9.17) is 13.9 Å². The largest absolute Gasteiger partial charge is 0.508 e. The summed E-state index contributed by atoms with van der Waals surface area (Å²) in [5, 5.41) is 9.40. The minimum atomic E-state index is -0.964. The molecule has 0 spiro atoms. The molecule has 114 valence electrons. The molecule has 0 fully saturated rings. The zero-order valence-electron chi connectivity index (χ0n) is 12.0. The lowest BCUT2D eigenvalue weighted by atomic mass is 9.89. The second-order valence-electron chi connectivity index (χ2n) is 5.05. The maximum absolute atomic E-state index is 12.2. The number of esters is 1. The van der Waals surface area contributed by atoms with Gasteiger partial charge >= 0.3 is 11.6 Å². The van der Waals surface area contributed by atoms with Crippen LogP contribution in [0.25, 0.3) is 0 Å². The average molecular weight is 302 g/mol. The molecule has 3 rings (SSSR count). The van der Waals surface area contributed by atoms with Crippen LogP contribution in [0.1, 0.15) is 22.8 Å². The lowest BCUT2D eigenvalue weighted by molar-refractivity contribution is -0.148. The zero-order valence-corrected chi connectivity index (χ0v) is 12.0. The third-order valence-corrected chi connectivity index (χ3v) is 3.63. The third-order valence-electron chi connectivity index (χ3n) is 3.63. The summed E-state index contributed by atoms with van der Waals surface area (Å²) in [7, 11) is 1.26. The Labute approximate surface area is 125 Å². The van der Waals surface area contributed by atoms with Crippen LogP contribution in [-0.2, 0) is 9.53 Å². The molecule has 1 aliphatic heterocycles. The highest BCUT2D eigenvalue weighted by Gasteiger charge is 2.43. The lowest BCUT2D eigenvalue weighted by Gasteiger charge is -2.16. The Morgan fingerprint density at radius 1 is 1.27 bits per heavy atom. The Kier molecular flexibility index (Phi) is 3.36. The second kappa shape index (κ2) is 5.22. The van der Waals surface area contributed by atoms with Gasteiger partial charge in [0.15, 0.2) is 0 Å². The van der Waals surface area contributed by atoms with E-state index >= 15 is 0 Å². The molecule has 2 heterocycles. The van der Waals surface area contributed by atoms with Crippen LogP contribution in [0.15, 0.2) is 39.5 Å². The fraction of sp³-hybridized carbons (Fsp3) is 0.250. The van der Waals surface area contributed by atoms with E-state index in [0.29, 0.717) is 17.1 Å². The zero-order chi connectivity index (χ0) is 15.9. The minimum absolute atomic E-state index is 0.0912. The molecule has 2 atom stereocenters. The molecule has 6 heteroatoms. The number of phenolic OH excluding ortho intramolecular Hbond substituents is 1. The minimum Gasteiger partial charge on any atom is -0.508 e. The molecule has 0 saturated carbocycles. The first-order valence-corrected chi connectivity index (χ1v) is 6.69. The first-order chi connectivity index (χ1) is 10.5. The standard InChI is InChI=1S/C16H14O6/c1-8-7-11-13(15(18)21-8)12(14(22-11)16(19)20-2)9-3-5-10(17)6-4-9/h3-7,12,14,17H,1-2H3/t12-,14-/m1/s1. The van der Waals surface area contributed by atoms with Gasteiger partial charge in [0, 0.05) is 6.07 Å². The Bertz CT molecular complexity index is 774. The predicted octanol–water partition coefficient (Wildman–Crippen LogP) is 1.72. The van der Waals surface area contributed by atoms with E-state index in [1.54, 1.807) is 25.1 Å². The summed E-state index contributed by atoms with van der Waals surface area (Å²) in [4.78, 5) is 24.2. The summed E-state index contributed by atoms with van der Waals surface area (Å²) in [6, 6.07) is 7.81. The fourth-order valence-corrected chi connectivity index (χ4v) is 2.65. The molecular formula is C16H14O6. The third kappa shape index (κ3) is 2.22. The van der Waals surface area contributed by atoms with Crippen LogP contribution in [0, 0.1) is 6.92 Å². The van der Waals surface area contributed by atoms with E-state index < -0.39 is 23.6 Å². The van der Waals surface area contributed by atoms with Crippen LogP contribution in [0.5, 0.6) is 11.5 Å². The Balaban J connectivity index is 2.17. The molecular weight excluding hydrogens is 288 g/mol. The predicted molar refractivity (Wildman–Crippen MR) is 76.1 cm³/mol. The van der Waals surface area contributed by atoms with Gasteiger partial charge < -0.3 is 19.0 Å². The van der Waals surface area contributed by atoms with Crippen LogP contribution >= 0.6 is 0 Å². The topological polar surface area (TPSA) is 86.0 Å². The van der Waals surface area contributed by atoms with Crippen molar-refractivity contribution in [1.82, 2.24) is 0 Å². The number of carbonyl (C=O) groups is 1. The molecule has 0 unspecified atom stereocenters. The number of aryl methyl sites for hydroxylation is 1. The molecule has 0 saturated heterocycles. The monoisotopic (exact) mass is 302 g/mol. The number of benzene rings is 1. The highest BCUT2D eigenvalue weighted by molar-refractivity contribution is 5.79. The van der Waals surface area contributed by atoms with E-state index in [2.05, 4.69) is 0 Å². The molecule has 0 amide bonds. The van der Waals surface area contributed by atoms with E-state index in [1.165, 1.54) is 19.2 Å². The highest BCUT2D eigenvalue weighted by atomic mass is 16.6. The van der Waals surface area contributed by atoms with Crippen molar-refractivity contribution in [2.45, 2.75) is 18.9 Å². The van der Waals surface area contributed by atoms with E-state index in [0.717, 1.165) is 0 Å². The highest BCUT2D eigenvalue weighted by Crippen LogP contribution is 2.41. The SMILES string of the molecule is COC(=O)[C@@H]1Oc2cc(C)oc(=O)c2[C@H]1c1ccc(O)cc1. The van der Waals surface area contributed by atoms with Crippen molar-refractivity contribution in [2.24, 2.45) is 0 Å². The smallest absolute Gasteiger partial charge is 0.348 e. The van der Waals surface area contributed by atoms with Gasteiger partial charge in [-0.25, -0.2) is 9.59 Å². The van der Waals surface area contributed by atoms with Crippen molar-refractivity contribution >= 4 is 5.97 Å². The van der Waals surface area contributed by atoms with Crippen molar-refractivity contribution in [2.75, 3.05) is 7.11 Å². The molecule has 2 aromatic rings. The number of phenols is 1. The lowest BCUT2D eigenvalue weighted by Crippen LogP contribution is -2.31. The van der Waals surface area contributed by atoms with Gasteiger partial charge in [-0.15, -0.1) is 0 Å².